The molecule has 1 saturated carbocycles. The summed E-state index contributed by atoms with van der Waals surface area (Å²) in [5.41, 5.74) is 0.874. The van der Waals surface area contributed by atoms with Crippen molar-refractivity contribution in [1.82, 2.24) is 10.3 Å². The first kappa shape index (κ1) is 30.1. The van der Waals surface area contributed by atoms with E-state index in [1.165, 1.54) is 19.2 Å². The van der Waals surface area contributed by atoms with Gasteiger partial charge >= 0.3 is 12.1 Å². The van der Waals surface area contributed by atoms with E-state index in [-0.39, 0.29) is 29.5 Å². The molecule has 1 aliphatic rings. The van der Waals surface area contributed by atoms with Crippen LogP contribution in [0.4, 0.5) is 18.9 Å². The van der Waals surface area contributed by atoms with Gasteiger partial charge in [0.05, 0.1) is 17.7 Å². The van der Waals surface area contributed by atoms with Crippen LogP contribution in [0.3, 0.4) is 0 Å². The van der Waals surface area contributed by atoms with Gasteiger partial charge in [-0.15, -0.1) is 0 Å². The van der Waals surface area contributed by atoms with Crippen LogP contribution in [0.25, 0.3) is 11.5 Å². The highest BCUT2D eigenvalue weighted by Gasteiger charge is 2.42. The van der Waals surface area contributed by atoms with Gasteiger partial charge in [0, 0.05) is 25.1 Å². The Hall–Kier alpha value is -3.86. The van der Waals surface area contributed by atoms with Gasteiger partial charge in [-0.1, -0.05) is 35.9 Å². The van der Waals surface area contributed by atoms with Crippen molar-refractivity contribution in [2.75, 3.05) is 19.0 Å². The first-order valence-corrected chi connectivity index (χ1v) is 13.5. The highest BCUT2D eigenvalue weighted by molar-refractivity contribution is 6.33. The van der Waals surface area contributed by atoms with Gasteiger partial charge in [0.1, 0.15) is 0 Å². The number of carbonyl (C=O) groups is 3. The van der Waals surface area contributed by atoms with Gasteiger partial charge in [0.15, 0.2) is 5.69 Å². The molecule has 1 aromatic heterocycles. The van der Waals surface area contributed by atoms with Crippen molar-refractivity contribution >= 4 is 35.1 Å². The summed E-state index contributed by atoms with van der Waals surface area (Å²) in [6.45, 7) is -0.219. The van der Waals surface area contributed by atoms with Crippen molar-refractivity contribution in [1.29, 1.82) is 0 Å². The summed E-state index contributed by atoms with van der Waals surface area (Å²) >= 11 is 6.03. The predicted octanol–water partition coefficient (Wildman–Crippen LogP) is 6.61. The molecule has 1 heterocycles. The van der Waals surface area contributed by atoms with E-state index in [1.54, 1.807) is 24.3 Å². The third kappa shape index (κ3) is 7.87. The van der Waals surface area contributed by atoms with Gasteiger partial charge < -0.3 is 19.8 Å². The average Bonchev–Trinajstić information content (AvgIpc) is 3.40. The summed E-state index contributed by atoms with van der Waals surface area (Å²) < 4.78 is 50.2. The molecule has 3 aromatic rings. The Morgan fingerprint density at radius 1 is 1.05 bits per heavy atom. The number of aromatic nitrogens is 1. The van der Waals surface area contributed by atoms with E-state index in [4.69, 9.17) is 20.8 Å². The molecule has 2 amide bonds. The summed E-state index contributed by atoms with van der Waals surface area (Å²) in [5, 5.41) is 5.13. The molecule has 0 atom stereocenters. The number of benzene rings is 2. The summed E-state index contributed by atoms with van der Waals surface area (Å²) in [5.74, 6) is -3.01. The fourth-order valence-corrected chi connectivity index (χ4v) is 5.09. The second-order valence-corrected chi connectivity index (χ2v) is 10.3. The number of amides is 2. The zero-order valence-electron chi connectivity index (χ0n) is 22.2. The number of halogens is 4. The molecule has 0 bridgehead atoms. The normalized spacial score (nSPS) is 17.1. The number of ether oxygens (including phenoxy) is 1. The lowest BCUT2D eigenvalue weighted by atomic mass is 9.77. The molecule has 0 saturated heterocycles. The highest BCUT2D eigenvalue weighted by Crippen LogP contribution is 2.38. The molecule has 8 nitrogen and oxygen atoms in total. The molecule has 12 heteroatoms. The first-order valence-electron chi connectivity index (χ1n) is 13.1. The minimum absolute atomic E-state index is 0.107. The van der Waals surface area contributed by atoms with E-state index < -0.39 is 35.3 Å². The van der Waals surface area contributed by atoms with Gasteiger partial charge in [0.25, 0.3) is 5.91 Å². The predicted molar refractivity (Wildman–Crippen MR) is 145 cm³/mol. The molecule has 0 radical (unpaired) electrons. The number of esters is 1. The van der Waals surface area contributed by atoms with Crippen LogP contribution in [0.15, 0.2) is 52.9 Å². The van der Waals surface area contributed by atoms with E-state index >= 15 is 0 Å². The summed E-state index contributed by atoms with van der Waals surface area (Å²) in [6, 6.07) is 13.5. The number of hydrogen-bond acceptors (Lipinski definition) is 6. The molecule has 2 N–H and O–H groups in total. The van der Waals surface area contributed by atoms with Gasteiger partial charge in [-0.3, -0.25) is 14.4 Å². The number of anilines is 1. The lowest BCUT2D eigenvalue weighted by Gasteiger charge is -2.28. The van der Waals surface area contributed by atoms with Crippen molar-refractivity contribution in [3.05, 3.63) is 70.6 Å². The molecule has 0 spiro atoms. The number of alkyl halides is 3. The molecule has 1 fully saturated rings. The molecule has 41 heavy (non-hydrogen) atoms. The second-order valence-electron chi connectivity index (χ2n) is 9.85. The fourth-order valence-electron chi connectivity index (χ4n) is 4.87. The summed E-state index contributed by atoms with van der Waals surface area (Å²) in [4.78, 5) is 40.2. The van der Waals surface area contributed by atoms with Crippen LogP contribution in [0, 0.1) is 5.92 Å². The lowest BCUT2D eigenvalue weighted by Crippen LogP contribution is -2.29. The van der Waals surface area contributed by atoms with Crippen molar-refractivity contribution in [3.8, 4) is 11.5 Å². The van der Waals surface area contributed by atoms with Crippen LogP contribution < -0.4 is 10.6 Å². The van der Waals surface area contributed by atoms with Crippen LogP contribution in [-0.4, -0.2) is 36.4 Å². The van der Waals surface area contributed by atoms with Crippen LogP contribution in [0.5, 0.6) is 0 Å². The van der Waals surface area contributed by atoms with Crippen LogP contribution in [-0.2, 0) is 20.5 Å². The van der Waals surface area contributed by atoms with Gasteiger partial charge in [0.2, 0.25) is 17.6 Å². The molecular weight excluding hydrogens is 563 g/mol. The topological polar surface area (TPSA) is 111 Å². The third-order valence-corrected chi connectivity index (χ3v) is 7.37. The van der Waals surface area contributed by atoms with E-state index in [2.05, 4.69) is 15.6 Å². The number of nitrogens with zero attached hydrogens (tertiary/aromatic N) is 1. The number of hydrogen-bond donors (Lipinski definition) is 2. The maximum absolute atomic E-state index is 13.5. The van der Waals surface area contributed by atoms with E-state index in [0.717, 1.165) is 31.2 Å². The third-order valence-electron chi connectivity index (χ3n) is 7.04. The van der Waals surface area contributed by atoms with Crippen LogP contribution in [0.2, 0.25) is 5.02 Å². The number of carbonyl (C=O) groups excluding carboxylic acids is 3. The van der Waals surface area contributed by atoms with Crippen molar-refractivity contribution in [2.24, 2.45) is 5.92 Å². The zero-order chi connectivity index (χ0) is 29.6. The van der Waals surface area contributed by atoms with E-state index in [0.29, 0.717) is 23.9 Å². The Morgan fingerprint density at radius 3 is 2.37 bits per heavy atom. The zero-order valence-corrected chi connectivity index (χ0v) is 23.0. The lowest BCUT2D eigenvalue weighted by molar-refractivity contribution is -0.153. The molecule has 4 rings (SSSR count). The Balaban J connectivity index is 1.28. The highest BCUT2D eigenvalue weighted by atomic mass is 35.5. The molecule has 1 aliphatic carbocycles. The second kappa shape index (κ2) is 13.2. The molecule has 218 valence electrons. The molecular formula is C29H29ClF3N3O5. The maximum Gasteiger partial charge on any atom is 0.452 e. The van der Waals surface area contributed by atoms with Gasteiger partial charge in [-0.05, 0) is 67.3 Å². The van der Waals surface area contributed by atoms with E-state index in [9.17, 15) is 27.6 Å². The number of oxazole rings is 1. The standard InChI is InChI=1S/C29H29ClF3N3O5/c1-40-24(38)16-17-6-8-18(9-7-17)19-10-12-20(13-11-19)35-23(37)14-15-34-27(39)25-26(29(31,32)33)41-28(36-25)21-4-2-3-5-22(21)30/h2-5,10-13,17-18H,6-9,14-16H2,1H3,(H,34,39)(H,35,37). The molecule has 0 aliphatic heterocycles. The summed E-state index contributed by atoms with van der Waals surface area (Å²) in [7, 11) is 1.40. The number of methoxy groups -OCH3 is 1. The van der Waals surface area contributed by atoms with Crippen molar-refractivity contribution in [2.45, 2.75) is 50.6 Å². The Bertz CT molecular complexity index is 1380. The van der Waals surface area contributed by atoms with Crippen LogP contribution >= 0.6 is 11.6 Å². The van der Waals surface area contributed by atoms with Gasteiger partial charge in [-0.2, -0.15) is 13.2 Å². The smallest absolute Gasteiger partial charge is 0.452 e. The Kier molecular flexibility index (Phi) is 9.69. The first-order chi connectivity index (χ1) is 19.5. The quantitative estimate of drug-likeness (QED) is 0.271. The number of rotatable bonds is 9. The minimum Gasteiger partial charge on any atom is -0.469 e. The van der Waals surface area contributed by atoms with Gasteiger partial charge in [-0.25, -0.2) is 4.98 Å². The molecule has 0 unspecified atom stereocenters. The Morgan fingerprint density at radius 2 is 1.73 bits per heavy atom. The van der Waals surface area contributed by atoms with Crippen molar-refractivity contribution < 1.29 is 36.7 Å². The fraction of sp³-hybridized carbons (Fsp3) is 0.379. The summed E-state index contributed by atoms with van der Waals surface area (Å²) in [6.07, 6.45) is -0.864. The maximum atomic E-state index is 13.5. The van der Waals surface area contributed by atoms with Crippen LogP contribution in [0.1, 0.15) is 66.3 Å². The molecule has 2 aromatic carbocycles. The average molecular weight is 592 g/mol. The monoisotopic (exact) mass is 591 g/mol. The van der Waals surface area contributed by atoms with E-state index in [1.807, 2.05) is 12.1 Å². The number of nitrogens with one attached hydrogen (secondary N) is 2. The minimum atomic E-state index is -4.97. The Labute approximate surface area is 239 Å². The largest absolute Gasteiger partial charge is 0.469 e. The SMILES string of the molecule is COC(=O)CC1CCC(c2ccc(NC(=O)CCNC(=O)c3nc(-c4ccccc4Cl)oc3C(F)(F)F)cc2)CC1. The van der Waals surface area contributed by atoms with Crippen molar-refractivity contribution in [3.63, 3.8) is 0 Å².